The third-order valence-corrected chi connectivity index (χ3v) is 3.43. The fourth-order valence-corrected chi connectivity index (χ4v) is 2.51. The van der Waals surface area contributed by atoms with Crippen LogP contribution in [-0.2, 0) is 0 Å². The molecule has 0 aromatic heterocycles. The molecule has 3 heteroatoms. The predicted octanol–water partition coefficient (Wildman–Crippen LogP) is 2.52. The van der Waals surface area contributed by atoms with E-state index in [2.05, 4.69) is 35.3 Å². The first kappa shape index (κ1) is 13.2. The third-order valence-electron chi connectivity index (χ3n) is 3.43. The molecular formula is C15H24N2O. The van der Waals surface area contributed by atoms with E-state index in [1.165, 1.54) is 12.1 Å². The first-order chi connectivity index (χ1) is 8.83. The van der Waals surface area contributed by atoms with Crippen LogP contribution in [0, 0.1) is 5.92 Å². The Bertz CT molecular complexity index is 367. The molecular weight excluding hydrogens is 224 g/mol. The molecule has 18 heavy (non-hydrogen) atoms. The average molecular weight is 248 g/mol. The van der Waals surface area contributed by atoms with Gasteiger partial charge in [0.15, 0.2) is 0 Å². The molecule has 1 aliphatic heterocycles. The molecule has 1 atom stereocenters. The number of anilines is 1. The second-order valence-electron chi connectivity index (χ2n) is 5.00. The fraction of sp³-hybridized carbons (Fsp3) is 0.600. The van der Waals surface area contributed by atoms with Gasteiger partial charge in [0, 0.05) is 24.8 Å². The quantitative estimate of drug-likeness (QED) is 0.837. The number of nitrogens with zero attached hydrogens (tertiary/aromatic N) is 1. The summed E-state index contributed by atoms with van der Waals surface area (Å²) >= 11 is 0. The van der Waals surface area contributed by atoms with Crippen molar-refractivity contribution < 1.29 is 4.74 Å². The summed E-state index contributed by atoms with van der Waals surface area (Å²) in [7, 11) is 2.03. The molecule has 1 saturated heterocycles. The summed E-state index contributed by atoms with van der Waals surface area (Å²) in [4.78, 5) is 2.46. The van der Waals surface area contributed by atoms with Crippen LogP contribution in [0.2, 0.25) is 0 Å². The summed E-state index contributed by atoms with van der Waals surface area (Å²) < 4.78 is 5.69. The van der Waals surface area contributed by atoms with Crippen molar-refractivity contribution in [2.45, 2.75) is 19.8 Å². The lowest BCUT2D eigenvalue weighted by Gasteiger charge is -2.19. The highest BCUT2D eigenvalue weighted by Gasteiger charge is 2.22. The highest BCUT2D eigenvalue weighted by Crippen LogP contribution is 2.26. The van der Waals surface area contributed by atoms with Crippen LogP contribution in [-0.4, -0.2) is 33.3 Å². The lowest BCUT2D eigenvalue weighted by Crippen LogP contribution is -2.24. The minimum Gasteiger partial charge on any atom is -0.494 e. The molecule has 1 aliphatic rings. The van der Waals surface area contributed by atoms with Crippen LogP contribution in [0.5, 0.6) is 5.75 Å². The van der Waals surface area contributed by atoms with Crippen LogP contribution < -0.4 is 15.0 Å². The molecule has 1 aromatic carbocycles. The van der Waals surface area contributed by atoms with Crippen LogP contribution >= 0.6 is 0 Å². The summed E-state index contributed by atoms with van der Waals surface area (Å²) in [5.41, 5.74) is 1.29. The van der Waals surface area contributed by atoms with Crippen LogP contribution in [0.25, 0.3) is 0 Å². The maximum Gasteiger partial charge on any atom is 0.121 e. The Hall–Kier alpha value is -1.22. The van der Waals surface area contributed by atoms with Crippen molar-refractivity contribution >= 4 is 5.69 Å². The monoisotopic (exact) mass is 248 g/mol. The largest absolute Gasteiger partial charge is 0.494 e. The van der Waals surface area contributed by atoms with Crippen LogP contribution in [0.4, 0.5) is 5.69 Å². The Morgan fingerprint density at radius 1 is 1.44 bits per heavy atom. The zero-order valence-corrected chi connectivity index (χ0v) is 11.5. The molecule has 0 amide bonds. The van der Waals surface area contributed by atoms with Crippen molar-refractivity contribution in [2.75, 3.05) is 38.2 Å². The number of hydrogen-bond acceptors (Lipinski definition) is 3. The number of nitrogens with one attached hydrogen (secondary N) is 1. The van der Waals surface area contributed by atoms with Gasteiger partial charge in [0.25, 0.3) is 0 Å². The Morgan fingerprint density at radius 3 is 3.11 bits per heavy atom. The molecule has 0 bridgehead atoms. The minimum atomic E-state index is 0.773. The normalized spacial score (nSPS) is 19.2. The molecule has 1 heterocycles. The Labute approximate surface area is 110 Å². The van der Waals surface area contributed by atoms with Crippen molar-refractivity contribution in [1.82, 2.24) is 5.32 Å². The maximum atomic E-state index is 5.69. The molecule has 0 spiro atoms. The molecule has 0 radical (unpaired) electrons. The van der Waals surface area contributed by atoms with E-state index in [0.29, 0.717) is 0 Å². The summed E-state index contributed by atoms with van der Waals surface area (Å²) in [6.45, 7) is 6.35. The van der Waals surface area contributed by atoms with Gasteiger partial charge in [0.1, 0.15) is 5.75 Å². The SMILES string of the molecule is CCCOc1cccc(N2CCC(CNC)C2)c1. The summed E-state index contributed by atoms with van der Waals surface area (Å²) in [6, 6.07) is 8.48. The Balaban J connectivity index is 1.96. The van der Waals surface area contributed by atoms with Crippen molar-refractivity contribution in [2.24, 2.45) is 5.92 Å². The van der Waals surface area contributed by atoms with Gasteiger partial charge >= 0.3 is 0 Å². The van der Waals surface area contributed by atoms with E-state index in [9.17, 15) is 0 Å². The summed E-state index contributed by atoms with van der Waals surface area (Å²) in [6.07, 6.45) is 2.33. The minimum absolute atomic E-state index is 0.773. The molecule has 3 nitrogen and oxygen atoms in total. The zero-order valence-electron chi connectivity index (χ0n) is 11.5. The van der Waals surface area contributed by atoms with Gasteiger partial charge in [-0.05, 0) is 44.5 Å². The van der Waals surface area contributed by atoms with Gasteiger partial charge in [0.2, 0.25) is 0 Å². The van der Waals surface area contributed by atoms with Gasteiger partial charge in [-0.1, -0.05) is 13.0 Å². The van der Waals surface area contributed by atoms with Gasteiger partial charge in [-0.2, -0.15) is 0 Å². The highest BCUT2D eigenvalue weighted by molar-refractivity contribution is 5.51. The van der Waals surface area contributed by atoms with E-state index < -0.39 is 0 Å². The second-order valence-corrected chi connectivity index (χ2v) is 5.00. The first-order valence-electron chi connectivity index (χ1n) is 6.96. The van der Waals surface area contributed by atoms with Gasteiger partial charge in [0.05, 0.1) is 6.61 Å². The molecule has 1 fully saturated rings. The van der Waals surface area contributed by atoms with Crippen LogP contribution in [0.3, 0.4) is 0 Å². The van der Waals surface area contributed by atoms with Crippen LogP contribution in [0.15, 0.2) is 24.3 Å². The average Bonchev–Trinajstić information content (AvgIpc) is 2.86. The van der Waals surface area contributed by atoms with Gasteiger partial charge < -0.3 is 15.0 Å². The van der Waals surface area contributed by atoms with E-state index in [1.54, 1.807) is 0 Å². The highest BCUT2D eigenvalue weighted by atomic mass is 16.5. The lowest BCUT2D eigenvalue weighted by atomic mass is 10.1. The van der Waals surface area contributed by atoms with E-state index in [1.807, 2.05) is 13.1 Å². The van der Waals surface area contributed by atoms with Crippen molar-refractivity contribution in [3.63, 3.8) is 0 Å². The Morgan fingerprint density at radius 2 is 2.33 bits per heavy atom. The molecule has 0 saturated carbocycles. The Kier molecular flexibility index (Phi) is 4.88. The summed E-state index contributed by atoms with van der Waals surface area (Å²) in [5.74, 6) is 1.77. The number of hydrogen-bond donors (Lipinski definition) is 1. The van der Waals surface area contributed by atoms with Crippen molar-refractivity contribution in [3.8, 4) is 5.75 Å². The van der Waals surface area contributed by atoms with Gasteiger partial charge in [-0.3, -0.25) is 0 Å². The molecule has 1 aromatic rings. The maximum absolute atomic E-state index is 5.69. The van der Waals surface area contributed by atoms with Crippen molar-refractivity contribution in [3.05, 3.63) is 24.3 Å². The third kappa shape index (κ3) is 3.39. The van der Waals surface area contributed by atoms with E-state index in [0.717, 1.165) is 44.3 Å². The summed E-state index contributed by atoms with van der Waals surface area (Å²) in [5, 5.41) is 3.27. The zero-order chi connectivity index (χ0) is 12.8. The van der Waals surface area contributed by atoms with E-state index >= 15 is 0 Å². The smallest absolute Gasteiger partial charge is 0.121 e. The molecule has 1 unspecified atom stereocenters. The lowest BCUT2D eigenvalue weighted by molar-refractivity contribution is 0.317. The predicted molar refractivity (Wildman–Crippen MR) is 76.5 cm³/mol. The fourth-order valence-electron chi connectivity index (χ4n) is 2.51. The van der Waals surface area contributed by atoms with Crippen molar-refractivity contribution in [1.29, 1.82) is 0 Å². The number of rotatable bonds is 6. The molecule has 0 aliphatic carbocycles. The number of benzene rings is 1. The van der Waals surface area contributed by atoms with Gasteiger partial charge in [-0.15, -0.1) is 0 Å². The molecule has 1 N–H and O–H groups in total. The van der Waals surface area contributed by atoms with E-state index in [-0.39, 0.29) is 0 Å². The first-order valence-corrected chi connectivity index (χ1v) is 6.96. The molecule has 2 rings (SSSR count). The topological polar surface area (TPSA) is 24.5 Å². The standard InChI is InChI=1S/C15H24N2O/c1-3-9-18-15-6-4-5-14(10-15)17-8-7-13(12-17)11-16-2/h4-6,10,13,16H,3,7-9,11-12H2,1-2H3. The van der Waals surface area contributed by atoms with Gasteiger partial charge in [-0.25, -0.2) is 0 Å². The molecule has 100 valence electrons. The van der Waals surface area contributed by atoms with E-state index in [4.69, 9.17) is 4.74 Å². The second kappa shape index (κ2) is 6.64. The van der Waals surface area contributed by atoms with Crippen LogP contribution in [0.1, 0.15) is 19.8 Å². The number of ether oxygens (including phenoxy) is 1.